The predicted molar refractivity (Wildman–Crippen MR) is 80.0 cm³/mol. The fourth-order valence-electron chi connectivity index (χ4n) is 2.51. The minimum absolute atomic E-state index is 0.0771. The van der Waals surface area contributed by atoms with Crippen molar-refractivity contribution in [2.24, 2.45) is 0 Å². The molecule has 1 N–H and O–H groups in total. The topological polar surface area (TPSA) is 76.1 Å². The largest absolute Gasteiger partial charge is 0.497 e. The Labute approximate surface area is 129 Å². The maximum Gasteiger partial charge on any atom is 0.334 e. The Morgan fingerprint density at radius 3 is 2.50 bits per heavy atom. The summed E-state index contributed by atoms with van der Waals surface area (Å²) in [4.78, 5) is 25.4. The van der Waals surface area contributed by atoms with Gasteiger partial charge < -0.3 is 19.5 Å². The van der Waals surface area contributed by atoms with E-state index in [0.29, 0.717) is 6.54 Å². The number of methoxy groups -OCH3 is 1. The molecule has 6 nitrogen and oxygen atoms in total. The van der Waals surface area contributed by atoms with Crippen molar-refractivity contribution in [3.05, 3.63) is 29.8 Å². The fraction of sp³-hybridized carbons (Fsp3) is 0.500. The predicted octanol–water partition coefficient (Wildman–Crippen LogP) is 1.28. The molecule has 0 bridgehead atoms. The monoisotopic (exact) mass is 307 g/mol. The number of carboxylic acid groups (broad SMARTS) is 1. The van der Waals surface area contributed by atoms with E-state index in [1.54, 1.807) is 12.0 Å². The van der Waals surface area contributed by atoms with Crippen LogP contribution in [0.3, 0.4) is 0 Å². The van der Waals surface area contributed by atoms with Crippen LogP contribution in [0.5, 0.6) is 5.75 Å². The average Bonchev–Trinajstić information content (AvgIpc) is 2.54. The van der Waals surface area contributed by atoms with Gasteiger partial charge in [-0.2, -0.15) is 0 Å². The lowest BCUT2D eigenvalue weighted by molar-refractivity contribution is -0.160. The first kappa shape index (κ1) is 16.3. The van der Waals surface area contributed by atoms with Crippen molar-refractivity contribution < 1.29 is 24.2 Å². The molecule has 22 heavy (non-hydrogen) atoms. The van der Waals surface area contributed by atoms with E-state index < -0.39 is 17.5 Å². The highest BCUT2D eigenvalue weighted by molar-refractivity contribution is 5.88. The van der Waals surface area contributed by atoms with Crippen LogP contribution in [-0.2, 0) is 19.7 Å². The number of hydrogen-bond donors (Lipinski definition) is 1. The molecule has 1 heterocycles. The summed E-state index contributed by atoms with van der Waals surface area (Å²) >= 11 is 0. The van der Waals surface area contributed by atoms with E-state index in [1.807, 2.05) is 38.1 Å². The van der Waals surface area contributed by atoms with E-state index in [0.717, 1.165) is 11.3 Å². The van der Waals surface area contributed by atoms with Gasteiger partial charge in [-0.25, -0.2) is 4.79 Å². The number of benzene rings is 1. The molecular formula is C16H21NO5. The van der Waals surface area contributed by atoms with E-state index in [4.69, 9.17) is 14.6 Å². The molecule has 1 fully saturated rings. The van der Waals surface area contributed by atoms with Crippen molar-refractivity contribution in [1.29, 1.82) is 0 Å². The summed E-state index contributed by atoms with van der Waals surface area (Å²) in [5.74, 6) is -0.420. The molecule has 0 aromatic heterocycles. The lowest BCUT2D eigenvalue weighted by atomic mass is 9.83. The highest BCUT2D eigenvalue weighted by Crippen LogP contribution is 2.28. The second kappa shape index (κ2) is 6.36. The third-order valence-corrected chi connectivity index (χ3v) is 3.98. The normalized spacial score (nSPS) is 18.9. The van der Waals surface area contributed by atoms with Gasteiger partial charge in [0, 0.05) is 6.54 Å². The molecular weight excluding hydrogens is 286 g/mol. The number of rotatable bonds is 4. The molecule has 0 saturated carbocycles. The molecule has 120 valence electrons. The van der Waals surface area contributed by atoms with Crippen molar-refractivity contribution in [3.63, 3.8) is 0 Å². The van der Waals surface area contributed by atoms with Crippen LogP contribution in [-0.4, -0.2) is 54.8 Å². The average molecular weight is 307 g/mol. The third-order valence-electron chi connectivity index (χ3n) is 3.98. The van der Waals surface area contributed by atoms with Crippen LogP contribution in [0.4, 0.5) is 0 Å². The van der Waals surface area contributed by atoms with Crippen LogP contribution in [0.25, 0.3) is 0 Å². The standard InChI is InChI=1S/C16H21NO5/c1-16(2,11-4-6-12(21-3)7-5-11)15(20)17-8-9-22-13(10-17)14(18)19/h4-7,13H,8-10H2,1-3H3,(H,18,19). The summed E-state index contributed by atoms with van der Waals surface area (Å²) in [6.07, 6.45) is -0.954. The molecule has 1 unspecified atom stereocenters. The zero-order valence-corrected chi connectivity index (χ0v) is 13.0. The van der Waals surface area contributed by atoms with Crippen molar-refractivity contribution in [3.8, 4) is 5.75 Å². The van der Waals surface area contributed by atoms with E-state index in [-0.39, 0.29) is 19.1 Å². The number of carbonyl (C=O) groups is 2. The molecule has 1 aliphatic heterocycles. The molecule has 0 radical (unpaired) electrons. The smallest absolute Gasteiger partial charge is 0.334 e. The van der Waals surface area contributed by atoms with Crippen LogP contribution < -0.4 is 4.74 Å². The zero-order valence-electron chi connectivity index (χ0n) is 13.0. The van der Waals surface area contributed by atoms with Crippen LogP contribution in [0.2, 0.25) is 0 Å². The SMILES string of the molecule is COc1ccc(C(C)(C)C(=O)N2CCOC(C(=O)O)C2)cc1. The van der Waals surface area contributed by atoms with Gasteiger partial charge in [-0.3, -0.25) is 4.79 Å². The third kappa shape index (κ3) is 3.22. The van der Waals surface area contributed by atoms with Gasteiger partial charge in [-0.1, -0.05) is 12.1 Å². The summed E-state index contributed by atoms with van der Waals surface area (Å²) in [7, 11) is 1.59. The van der Waals surface area contributed by atoms with Crippen molar-refractivity contribution in [2.45, 2.75) is 25.4 Å². The first-order valence-corrected chi connectivity index (χ1v) is 7.14. The lowest BCUT2D eigenvalue weighted by Crippen LogP contribution is -2.53. The summed E-state index contributed by atoms with van der Waals surface area (Å²) in [5.41, 5.74) is 0.115. The van der Waals surface area contributed by atoms with Gasteiger partial charge in [-0.05, 0) is 31.5 Å². The maximum absolute atomic E-state index is 12.8. The molecule has 1 atom stereocenters. The Morgan fingerprint density at radius 2 is 1.95 bits per heavy atom. The van der Waals surface area contributed by atoms with Gasteiger partial charge >= 0.3 is 5.97 Å². The number of carboxylic acids is 1. The fourth-order valence-corrected chi connectivity index (χ4v) is 2.51. The van der Waals surface area contributed by atoms with Gasteiger partial charge in [0.05, 0.1) is 25.7 Å². The van der Waals surface area contributed by atoms with Gasteiger partial charge in [0.1, 0.15) is 5.75 Å². The van der Waals surface area contributed by atoms with Crippen molar-refractivity contribution in [2.75, 3.05) is 26.8 Å². The lowest BCUT2D eigenvalue weighted by Gasteiger charge is -2.36. The second-order valence-electron chi connectivity index (χ2n) is 5.80. The Morgan fingerprint density at radius 1 is 1.32 bits per heavy atom. The van der Waals surface area contributed by atoms with Gasteiger partial charge in [-0.15, -0.1) is 0 Å². The molecule has 1 aromatic carbocycles. The van der Waals surface area contributed by atoms with Crippen molar-refractivity contribution in [1.82, 2.24) is 4.90 Å². The van der Waals surface area contributed by atoms with Crippen molar-refractivity contribution >= 4 is 11.9 Å². The summed E-state index contributed by atoms with van der Waals surface area (Å²) in [6.45, 7) is 4.39. The molecule has 0 spiro atoms. The Bertz CT molecular complexity index is 552. The molecule has 2 rings (SSSR count). The van der Waals surface area contributed by atoms with Gasteiger partial charge in [0.2, 0.25) is 5.91 Å². The number of hydrogen-bond acceptors (Lipinski definition) is 4. The molecule has 1 aromatic rings. The minimum Gasteiger partial charge on any atom is -0.497 e. The molecule has 1 amide bonds. The molecule has 1 saturated heterocycles. The number of amides is 1. The summed E-state index contributed by atoms with van der Waals surface area (Å²) in [5, 5.41) is 9.04. The zero-order chi connectivity index (χ0) is 16.3. The molecule has 0 aliphatic carbocycles. The maximum atomic E-state index is 12.8. The summed E-state index contributed by atoms with van der Waals surface area (Å²) < 4.78 is 10.3. The number of morpholine rings is 1. The van der Waals surface area contributed by atoms with E-state index in [2.05, 4.69) is 0 Å². The van der Waals surface area contributed by atoms with E-state index in [9.17, 15) is 9.59 Å². The second-order valence-corrected chi connectivity index (χ2v) is 5.80. The van der Waals surface area contributed by atoms with Gasteiger partial charge in [0.25, 0.3) is 0 Å². The highest BCUT2D eigenvalue weighted by Gasteiger charge is 2.37. The number of ether oxygens (including phenoxy) is 2. The van der Waals surface area contributed by atoms with Crippen LogP contribution >= 0.6 is 0 Å². The Kier molecular flexibility index (Phi) is 4.71. The quantitative estimate of drug-likeness (QED) is 0.907. The van der Waals surface area contributed by atoms with E-state index >= 15 is 0 Å². The van der Waals surface area contributed by atoms with Gasteiger partial charge in [0.15, 0.2) is 6.10 Å². The van der Waals surface area contributed by atoms with Crippen LogP contribution in [0.15, 0.2) is 24.3 Å². The first-order valence-electron chi connectivity index (χ1n) is 7.14. The number of carbonyl (C=O) groups excluding carboxylic acids is 1. The molecule has 1 aliphatic rings. The van der Waals surface area contributed by atoms with E-state index in [1.165, 1.54) is 0 Å². The highest BCUT2D eigenvalue weighted by atomic mass is 16.5. The molecule has 6 heteroatoms. The Hall–Kier alpha value is -2.08. The summed E-state index contributed by atoms with van der Waals surface area (Å²) in [6, 6.07) is 7.32. The number of aliphatic carboxylic acids is 1. The van der Waals surface area contributed by atoms with Crippen LogP contribution in [0, 0.1) is 0 Å². The minimum atomic E-state index is -1.04. The van der Waals surface area contributed by atoms with Crippen LogP contribution in [0.1, 0.15) is 19.4 Å². The first-order chi connectivity index (χ1) is 10.4. The Balaban J connectivity index is 2.16. The number of nitrogens with zero attached hydrogens (tertiary/aromatic N) is 1.